The number of hydrogen-bond acceptors (Lipinski definition) is 1. The summed E-state index contributed by atoms with van der Waals surface area (Å²) in [4.78, 5) is 9.94. The Morgan fingerprint density at radius 2 is 1.96 bits per heavy atom. The van der Waals surface area contributed by atoms with Crippen molar-refractivity contribution in [3.8, 4) is 0 Å². The Morgan fingerprint density at radius 3 is 2.48 bits per heavy atom. The van der Waals surface area contributed by atoms with Gasteiger partial charge >= 0.3 is 5.97 Å². The molecule has 0 aromatic carbocycles. The molecule has 0 bridgehead atoms. The zero-order valence-corrected chi connectivity index (χ0v) is 17.5. The highest BCUT2D eigenvalue weighted by molar-refractivity contribution is 6.20. The third-order valence-corrected chi connectivity index (χ3v) is 5.09. The molecule has 3 heteroatoms. The first-order valence-corrected chi connectivity index (χ1v) is 10.4. The first-order valence-electron chi connectivity index (χ1n) is 9.94. The highest BCUT2D eigenvalue weighted by Gasteiger charge is 2.21. The zero-order chi connectivity index (χ0) is 19.1. The second kappa shape index (κ2) is 14.4. The lowest BCUT2D eigenvalue weighted by Crippen LogP contribution is -2.09. The molecule has 0 radical (unpaired) electrons. The van der Waals surface area contributed by atoms with Crippen LogP contribution in [-0.4, -0.2) is 16.5 Å². The van der Waals surface area contributed by atoms with E-state index in [-0.39, 0.29) is 6.42 Å². The SMILES string of the molecule is C/C=C\CCCC(=O)O.CCCCC(C)(C)C/C=C/[C@H]1CC[C@@H](Cl)C1. The molecule has 1 fully saturated rings. The van der Waals surface area contributed by atoms with Crippen molar-refractivity contribution in [2.24, 2.45) is 11.3 Å². The van der Waals surface area contributed by atoms with E-state index in [1.807, 2.05) is 19.1 Å². The van der Waals surface area contributed by atoms with Gasteiger partial charge in [0.05, 0.1) is 0 Å². The summed E-state index contributed by atoms with van der Waals surface area (Å²) in [5, 5.41) is 8.62. The van der Waals surface area contributed by atoms with Crippen LogP contribution >= 0.6 is 11.6 Å². The van der Waals surface area contributed by atoms with Crippen LogP contribution < -0.4 is 0 Å². The van der Waals surface area contributed by atoms with Crippen molar-refractivity contribution in [2.45, 2.75) is 97.3 Å². The maximum absolute atomic E-state index is 9.94. The lowest BCUT2D eigenvalue weighted by Gasteiger charge is -2.22. The number of unbranched alkanes of at least 4 members (excludes halogenated alkanes) is 2. The minimum absolute atomic E-state index is 0.282. The third-order valence-electron chi connectivity index (χ3n) is 4.69. The summed E-state index contributed by atoms with van der Waals surface area (Å²) in [6.45, 7) is 8.96. The molecule has 0 aromatic heterocycles. The van der Waals surface area contributed by atoms with Crippen molar-refractivity contribution in [3.63, 3.8) is 0 Å². The van der Waals surface area contributed by atoms with E-state index < -0.39 is 5.97 Å². The molecular weight excluding hydrogens is 332 g/mol. The molecule has 0 saturated heterocycles. The van der Waals surface area contributed by atoms with Crippen LogP contribution in [0.1, 0.15) is 91.9 Å². The van der Waals surface area contributed by atoms with Crippen molar-refractivity contribution in [3.05, 3.63) is 24.3 Å². The van der Waals surface area contributed by atoms with Crippen LogP contribution in [0, 0.1) is 11.3 Å². The highest BCUT2D eigenvalue weighted by atomic mass is 35.5. The molecule has 0 heterocycles. The average Bonchev–Trinajstić information content (AvgIpc) is 2.95. The van der Waals surface area contributed by atoms with Crippen molar-refractivity contribution < 1.29 is 9.90 Å². The van der Waals surface area contributed by atoms with Gasteiger partial charge in [0.15, 0.2) is 0 Å². The number of halogens is 1. The van der Waals surface area contributed by atoms with E-state index in [2.05, 4.69) is 32.9 Å². The maximum atomic E-state index is 9.94. The predicted molar refractivity (Wildman–Crippen MR) is 110 cm³/mol. The van der Waals surface area contributed by atoms with Gasteiger partial charge in [0.25, 0.3) is 0 Å². The summed E-state index contributed by atoms with van der Waals surface area (Å²) in [6, 6.07) is 0. The van der Waals surface area contributed by atoms with Crippen LogP contribution in [-0.2, 0) is 4.79 Å². The van der Waals surface area contributed by atoms with Gasteiger partial charge in [-0.05, 0) is 63.2 Å². The van der Waals surface area contributed by atoms with Crippen molar-refractivity contribution in [1.82, 2.24) is 0 Å². The van der Waals surface area contributed by atoms with E-state index in [0.29, 0.717) is 10.8 Å². The van der Waals surface area contributed by atoms with Crippen LogP contribution in [0.4, 0.5) is 0 Å². The van der Waals surface area contributed by atoms with Gasteiger partial charge in [-0.1, -0.05) is 57.9 Å². The molecule has 1 N–H and O–H groups in total. The van der Waals surface area contributed by atoms with E-state index in [1.54, 1.807) is 0 Å². The first-order chi connectivity index (χ1) is 11.8. The molecule has 1 saturated carbocycles. The van der Waals surface area contributed by atoms with E-state index in [1.165, 1.54) is 44.9 Å². The molecule has 1 aliphatic rings. The molecule has 2 nitrogen and oxygen atoms in total. The Balaban J connectivity index is 0.000000547. The minimum Gasteiger partial charge on any atom is -0.481 e. The smallest absolute Gasteiger partial charge is 0.303 e. The second-order valence-corrected chi connectivity index (χ2v) is 8.54. The van der Waals surface area contributed by atoms with Gasteiger partial charge in [-0.15, -0.1) is 11.6 Å². The number of allylic oxidation sites excluding steroid dienone is 4. The molecule has 2 atom stereocenters. The van der Waals surface area contributed by atoms with Crippen LogP contribution in [0.15, 0.2) is 24.3 Å². The lowest BCUT2D eigenvalue weighted by molar-refractivity contribution is -0.137. The standard InChI is InChI=1S/C15H27Cl.C7H12O2/c1-4-5-10-15(2,3)11-6-7-13-8-9-14(16)12-13;1-2-3-4-5-6-7(8)9/h6-7,13-14H,4-5,8-12H2,1-3H3;2-3H,4-6H2,1H3,(H,8,9)/b7-6+;3-2-/t13-,14+;/m0./s1. The summed E-state index contributed by atoms with van der Waals surface area (Å²) in [6.07, 6.45) is 19.5. The van der Waals surface area contributed by atoms with Gasteiger partial charge < -0.3 is 5.11 Å². The second-order valence-electron chi connectivity index (χ2n) is 7.93. The first kappa shape index (κ1) is 24.2. The topological polar surface area (TPSA) is 37.3 Å². The fourth-order valence-electron chi connectivity index (χ4n) is 3.01. The maximum Gasteiger partial charge on any atom is 0.303 e. The van der Waals surface area contributed by atoms with E-state index >= 15 is 0 Å². The number of hydrogen-bond donors (Lipinski definition) is 1. The zero-order valence-electron chi connectivity index (χ0n) is 16.8. The number of carbonyl (C=O) groups is 1. The Morgan fingerprint density at radius 1 is 1.24 bits per heavy atom. The van der Waals surface area contributed by atoms with E-state index in [9.17, 15) is 4.79 Å². The van der Waals surface area contributed by atoms with Crippen LogP contribution in [0.5, 0.6) is 0 Å². The number of aliphatic carboxylic acids is 1. The largest absolute Gasteiger partial charge is 0.481 e. The van der Waals surface area contributed by atoms with Gasteiger partial charge in [0.1, 0.15) is 0 Å². The number of alkyl halides is 1. The highest BCUT2D eigenvalue weighted by Crippen LogP contribution is 2.32. The number of rotatable bonds is 10. The molecular formula is C22H39ClO2. The molecule has 0 amide bonds. The van der Waals surface area contributed by atoms with Crippen molar-refractivity contribution >= 4 is 17.6 Å². The van der Waals surface area contributed by atoms with E-state index in [0.717, 1.165) is 18.8 Å². The average molecular weight is 371 g/mol. The van der Waals surface area contributed by atoms with Gasteiger partial charge in [-0.2, -0.15) is 0 Å². The fraction of sp³-hybridized carbons (Fsp3) is 0.773. The predicted octanol–water partition coefficient (Wildman–Crippen LogP) is 7.37. The van der Waals surface area contributed by atoms with Crippen LogP contribution in [0.2, 0.25) is 0 Å². The fourth-order valence-corrected chi connectivity index (χ4v) is 3.36. The Bertz CT molecular complexity index is 399. The van der Waals surface area contributed by atoms with Crippen LogP contribution in [0.25, 0.3) is 0 Å². The Hall–Kier alpha value is -0.760. The summed E-state index contributed by atoms with van der Waals surface area (Å²) in [5.74, 6) is 0.0454. The van der Waals surface area contributed by atoms with E-state index in [4.69, 9.17) is 16.7 Å². The molecule has 146 valence electrons. The van der Waals surface area contributed by atoms with Gasteiger partial charge in [-0.3, -0.25) is 4.79 Å². The minimum atomic E-state index is -0.709. The summed E-state index contributed by atoms with van der Waals surface area (Å²) in [5.41, 5.74) is 0.478. The lowest BCUT2D eigenvalue weighted by atomic mass is 9.83. The molecule has 25 heavy (non-hydrogen) atoms. The van der Waals surface area contributed by atoms with Gasteiger partial charge in [0, 0.05) is 11.8 Å². The number of carboxylic acids is 1. The quantitative estimate of drug-likeness (QED) is 0.247. The summed E-state index contributed by atoms with van der Waals surface area (Å²) in [7, 11) is 0. The number of carboxylic acid groups (broad SMARTS) is 1. The molecule has 0 spiro atoms. The monoisotopic (exact) mass is 370 g/mol. The van der Waals surface area contributed by atoms with Crippen molar-refractivity contribution in [1.29, 1.82) is 0 Å². The Labute approximate surface area is 160 Å². The third kappa shape index (κ3) is 15.2. The molecule has 1 rings (SSSR count). The van der Waals surface area contributed by atoms with Crippen LogP contribution in [0.3, 0.4) is 0 Å². The molecule has 0 aliphatic heterocycles. The normalized spacial score (nSPS) is 20.8. The Kier molecular flexibility index (Phi) is 14.0. The van der Waals surface area contributed by atoms with Crippen molar-refractivity contribution in [2.75, 3.05) is 0 Å². The molecule has 0 aromatic rings. The summed E-state index contributed by atoms with van der Waals surface area (Å²) < 4.78 is 0. The molecule has 0 unspecified atom stereocenters. The summed E-state index contributed by atoms with van der Waals surface area (Å²) >= 11 is 6.11. The van der Waals surface area contributed by atoms with Gasteiger partial charge in [0.2, 0.25) is 0 Å². The van der Waals surface area contributed by atoms with Gasteiger partial charge in [-0.25, -0.2) is 0 Å². The molecule has 1 aliphatic carbocycles.